The van der Waals surface area contributed by atoms with Gasteiger partial charge in [0, 0.05) is 30.2 Å². The lowest BCUT2D eigenvalue weighted by molar-refractivity contribution is 0.706. The molecule has 4 heteroatoms. The van der Waals surface area contributed by atoms with Gasteiger partial charge in [0.2, 0.25) is 5.95 Å². The Balaban J connectivity index is 1.98. The first kappa shape index (κ1) is 10.9. The van der Waals surface area contributed by atoms with Gasteiger partial charge in [0.1, 0.15) is 0 Å². The van der Waals surface area contributed by atoms with E-state index < -0.39 is 0 Å². The van der Waals surface area contributed by atoms with E-state index in [-0.39, 0.29) is 0 Å². The second-order valence-corrected chi connectivity index (χ2v) is 5.00. The lowest BCUT2D eigenvalue weighted by Gasteiger charge is -2.17. The molecule has 0 saturated heterocycles. The van der Waals surface area contributed by atoms with Gasteiger partial charge >= 0.3 is 0 Å². The Morgan fingerprint density at radius 3 is 3.07 bits per heavy atom. The zero-order valence-corrected chi connectivity index (χ0v) is 10.3. The molecule has 0 amide bonds. The molecule has 1 aliphatic rings. The monoisotopic (exact) mass is 225 g/mol. The van der Waals surface area contributed by atoms with Crippen molar-refractivity contribution in [1.82, 2.24) is 9.55 Å². The van der Waals surface area contributed by atoms with Crippen LogP contribution in [0.25, 0.3) is 0 Å². The van der Waals surface area contributed by atoms with E-state index in [0.29, 0.717) is 12.1 Å². The fraction of sp³-hybridized carbons (Fsp3) is 0.727. The number of aromatic nitrogens is 2. The molecule has 84 valence electrons. The standard InChI is InChI=1S/C11H19N3S/c1-3-9(8-15-2)13-11-12-6-7-14(11)10-4-5-10/h6-7,9-10H,3-5,8H2,1-2H3,(H,12,13). The average Bonchev–Trinajstić information content (AvgIpc) is 2.99. The van der Waals surface area contributed by atoms with Crippen molar-refractivity contribution in [3.05, 3.63) is 12.4 Å². The van der Waals surface area contributed by atoms with Gasteiger partial charge in [-0.15, -0.1) is 0 Å². The topological polar surface area (TPSA) is 29.9 Å². The van der Waals surface area contributed by atoms with E-state index in [9.17, 15) is 0 Å². The molecule has 0 spiro atoms. The molecule has 1 atom stereocenters. The predicted molar refractivity (Wildman–Crippen MR) is 66.6 cm³/mol. The second kappa shape index (κ2) is 4.92. The fourth-order valence-electron chi connectivity index (χ4n) is 1.72. The molecule has 0 radical (unpaired) electrons. The minimum atomic E-state index is 0.542. The summed E-state index contributed by atoms with van der Waals surface area (Å²) in [4.78, 5) is 4.39. The summed E-state index contributed by atoms with van der Waals surface area (Å²) < 4.78 is 2.28. The zero-order chi connectivity index (χ0) is 10.7. The highest BCUT2D eigenvalue weighted by Gasteiger charge is 2.25. The number of hydrogen-bond acceptors (Lipinski definition) is 3. The number of imidazole rings is 1. The first-order valence-electron chi connectivity index (χ1n) is 5.63. The van der Waals surface area contributed by atoms with Crippen molar-refractivity contribution in [1.29, 1.82) is 0 Å². The summed E-state index contributed by atoms with van der Waals surface area (Å²) in [6, 6.07) is 1.25. The number of thioether (sulfide) groups is 1. The van der Waals surface area contributed by atoms with Gasteiger partial charge in [-0.2, -0.15) is 11.8 Å². The Hall–Kier alpha value is -0.640. The average molecular weight is 225 g/mol. The Bertz CT molecular complexity index is 307. The van der Waals surface area contributed by atoms with Crippen LogP contribution in [0.5, 0.6) is 0 Å². The lowest BCUT2D eigenvalue weighted by atomic mass is 10.3. The molecule has 1 aromatic heterocycles. The van der Waals surface area contributed by atoms with Crippen LogP contribution in [0.15, 0.2) is 12.4 Å². The van der Waals surface area contributed by atoms with E-state index in [1.165, 1.54) is 12.8 Å². The first-order valence-corrected chi connectivity index (χ1v) is 7.02. The van der Waals surface area contributed by atoms with Crippen LogP contribution >= 0.6 is 11.8 Å². The molecule has 0 aliphatic heterocycles. The van der Waals surface area contributed by atoms with Gasteiger partial charge in [0.15, 0.2) is 0 Å². The molecule has 1 N–H and O–H groups in total. The summed E-state index contributed by atoms with van der Waals surface area (Å²) in [7, 11) is 0. The van der Waals surface area contributed by atoms with Crippen molar-refractivity contribution in [3.8, 4) is 0 Å². The number of hydrogen-bond donors (Lipinski definition) is 1. The van der Waals surface area contributed by atoms with Crippen LogP contribution in [0.2, 0.25) is 0 Å². The van der Waals surface area contributed by atoms with Gasteiger partial charge in [0.25, 0.3) is 0 Å². The van der Waals surface area contributed by atoms with Crippen LogP contribution in [-0.2, 0) is 0 Å². The molecule has 1 heterocycles. The lowest BCUT2D eigenvalue weighted by Crippen LogP contribution is -2.23. The molecule has 2 rings (SSSR count). The summed E-state index contributed by atoms with van der Waals surface area (Å²) in [5.74, 6) is 2.20. The van der Waals surface area contributed by atoms with Gasteiger partial charge in [-0.05, 0) is 25.5 Å². The largest absolute Gasteiger partial charge is 0.352 e. The molecule has 0 aromatic carbocycles. The first-order chi connectivity index (χ1) is 7.35. The SMILES string of the molecule is CCC(CSC)Nc1nccn1C1CC1. The molecular formula is C11H19N3S. The maximum absolute atomic E-state index is 4.39. The van der Waals surface area contributed by atoms with Crippen molar-refractivity contribution in [2.24, 2.45) is 0 Å². The molecule has 1 aliphatic carbocycles. The minimum Gasteiger partial charge on any atom is -0.352 e. The van der Waals surface area contributed by atoms with Crippen LogP contribution in [0.3, 0.4) is 0 Å². The van der Waals surface area contributed by atoms with E-state index in [2.05, 4.69) is 34.2 Å². The van der Waals surface area contributed by atoms with Gasteiger partial charge in [0.05, 0.1) is 0 Å². The summed E-state index contributed by atoms with van der Waals surface area (Å²) in [6.45, 7) is 2.22. The summed E-state index contributed by atoms with van der Waals surface area (Å²) in [6.07, 6.45) is 9.91. The molecule has 0 bridgehead atoms. The van der Waals surface area contributed by atoms with Crippen LogP contribution in [0, 0.1) is 0 Å². The third-order valence-electron chi connectivity index (χ3n) is 2.80. The zero-order valence-electron chi connectivity index (χ0n) is 9.44. The van der Waals surface area contributed by atoms with E-state index in [0.717, 1.165) is 18.1 Å². The quantitative estimate of drug-likeness (QED) is 0.807. The highest BCUT2D eigenvalue weighted by molar-refractivity contribution is 7.98. The number of nitrogens with zero attached hydrogens (tertiary/aromatic N) is 2. The highest BCUT2D eigenvalue weighted by Crippen LogP contribution is 2.36. The minimum absolute atomic E-state index is 0.542. The second-order valence-electron chi connectivity index (χ2n) is 4.09. The Morgan fingerprint density at radius 1 is 1.67 bits per heavy atom. The highest BCUT2D eigenvalue weighted by atomic mass is 32.2. The van der Waals surface area contributed by atoms with Crippen molar-refractivity contribution in [3.63, 3.8) is 0 Å². The van der Waals surface area contributed by atoms with E-state index >= 15 is 0 Å². The predicted octanol–water partition coefficient (Wildman–Crippen LogP) is 2.77. The van der Waals surface area contributed by atoms with Crippen LogP contribution < -0.4 is 5.32 Å². The molecule has 3 nitrogen and oxygen atoms in total. The van der Waals surface area contributed by atoms with Crippen molar-refractivity contribution < 1.29 is 0 Å². The smallest absolute Gasteiger partial charge is 0.203 e. The fourth-order valence-corrected chi connectivity index (χ4v) is 2.44. The molecule has 1 fully saturated rings. The van der Waals surface area contributed by atoms with Crippen molar-refractivity contribution in [2.45, 2.75) is 38.3 Å². The van der Waals surface area contributed by atoms with Crippen LogP contribution in [0.1, 0.15) is 32.2 Å². The van der Waals surface area contributed by atoms with Crippen LogP contribution in [0.4, 0.5) is 5.95 Å². The van der Waals surface area contributed by atoms with Crippen molar-refractivity contribution >= 4 is 17.7 Å². The molecule has 1 unspecified atom stereocenters. The maximum atomic E-state index is 4.39. The number of rotatable bonds is 6. The van der Waals surface area contributed by atoms with Crippen molar-refractivity contribution in [2.75, 3.05) is 17.3 Å². The Kier molecular flexibility index (Phi) is 3.57. The van der Waals surface area contributed by atoms with E-state index in [1.54, 1.807) is 0 Å². The number of anilines is 1. The summed E-state index contributed by atoms with van der Waals surface area (Å²) >= 11 is 1.89. The van der Waals surface area contributed by atoms with Gasteiger partial charge < -0.3 is 9.88 Å². The molecule has 1 saturated carbocycles. The Morgan fingerprint density at radius 2 is 2.47 bits per heavy atom. The van der Waals surface area contributed by atoms with Gasteiger partial charge in [-0.25, -0.2) is 4.98 Å². The van der Waals surface area contributed by atoms with E-state index in [1.807, 2.05) is 18.0 Å². The van der Waals surface area contributed by atoms with E-state index in [4.69, 9.17) is 0 Å². The number of nitrogens with one attached hydrogen (secondary N) is 1. The maximum Gasteiger partial charge on any atom is 0.203 e. The molecule has 15 heavy (non-hydrogen) atoms. The third-order valence-corrected chi connectivity index (χ3v) is 3.54. The summed E-state index contributed by atoms with van der Waals surface area (Å²) in [5, 5.41) is 3.53. The van der Waals surface area contributed by atoms with Gasteiger partial charge in [-0.1, -0.05) is 6.92 Å². The normalized spacial score (nSPS) is 17.7. The molecule has 1 aromatic rings. The third kappa shape index (κ3) is 2.68. The van der Waals surface area contributed by atoms with Crippen LogP contribution in [-0.4, -0.2) is 27.6 Å². The molecular weight excluding hydrogens is 206 g/mol. The van der Waals surface area contributed by atoms with Gasteiger partial charge in [-0.3, -0.25) is 0 Å². The Labute approximate surface area is 95.7 Å². The summed E-state index contributed by atoms with van der Waals surface area (Å²) in [5.41, 5.74) is 0.